The van der Waals surface area contributed by atoms with Crippen LogP contribution in [0.2, 0.25) is 0 Å². The lowest BCUT2D eigenvalue weighted by molar-refractivity contribution is -0.121. The molecule has 2 unspecified atom stereocenters. The third-order valence-corrected chi connectivity index (χ3v) is 4.13. The Bertz CT molecular complexity index is 725. The second-order valence-electron chi connectivity index (χ2n) is 5.39. The number of rotatable bonds is 3. The first-order chi connectivity index (χ1) is 10.1. The molecule has 1 aliphatic heterocycles. The number of carbonyl (C=O) groups is 2. The van der Waals surface area contributed by atoms with Gasteiger partial charge in [-0.2, -0.15) is 0 Å². The Labute approximate surface area is 123 Å². The lowest BCUT2D eigenvalue weighted by atomic mass is 9.82. The highest BCUT2D eigenvalue weighted by atomic mass is 16.3. The van der Waals surface area contributed by atoms with Gasteiger partial charge in [0, 0.05) is 30.1 Å². The van der Waals surface area contributed by atoms with Crippen molar-refractivity contribution in [3.63, 3.8) is 0 Å². The van der Waals surface area contributed by atoms with Gasteiger partial charge in [-0.25, -0.2) is 0 Å². The summed E-state index contributed by atoms with van der Waals surface area (Å²) in [5.41, 5.74) is 2.53. The summed E-state index contributed by atoms with van der Waals surface area (Å²) in [6.45, 7) is 1.75. The molecule has 1 aromatic carbocycles. The summed E-state index contributed by atoms with van der Waals surface area (Å²) in [4.78, 5) is 24.6. The first kappa shape index (κ1) is 14.0. The highest BCUT2D eigenvalue weighted by molar-refractivity contribution is 6.64. The first-order valence-corrected chi connectivity index (χ1v) is 6.86. The maximum absolute atomic E-state index is 12.1. The van der Waals surface area contributed by atoms with Crippen molar-refractivity contribution >= 4 is 30.3 Å². The zero-order valence-electron chi connectivity index (χ0n) is 12.0. The fourth-order valence-electron chi connectivity index (χ4n) is 3.35. The number of nitrogens with zero attached hydrogens (tertiary/aromatic N) is 2. The third-order valence-electron chi connectivity index (χ3n) is 4.13. The molecular weight excluding hydrogens is 267 g/mol. The summed E-state index contributed by atoms with van der Waals surface area (Å²) in [7, 11) is 3.22. The van der Waals surface area contributed by atoms with E-state index < -0.39 is 12.1 Å². The van der Waals surface area contributed by atoms with Gasteiger partial charge in [0.05, 0.1) is 17.9 Å². The van der Waals surface area contributed by atoms with Gasteiger partial charge >= 0.3 is 0 Å². The van der Waals surface area contributed by atoms with Crippen LogP contribution < -0.4 is 0 Å². The molecule has 0 bridgehead atoms. The number of Topliss-reactive ketones (excluding diaryl/α,β-unsaturated/α-hetero) is 1. The fourth-order valence-corrected chi connectivity index (χ4v) is 3.35. The summed E-state index contributed by atoms with van der Waals surface area (Å²) in [6.07, 6.45) is -0.0807. The van der Waals surface area contributed by atoms with Gasteiger partial charge in [-0.1, -0.05) is 18.2 Å². The standard InChI is InChI=1S/C15H16BN2O3/c1-9(20)14-13-10-5-3-4-6-11(10)17(2)15(13)12(21)7-18(14)16-8-19/h3-6,8,12,14,21H,7H2,1-2H3. The largest absolute Gasteiger partial charge is 0.386 e. The minimum Gasteiger partial charge on any atom is -0.386 e. The molecule has 0 saturated carbocycles. The van der Waals surface area contributed by atoms with E-state index in [4.69, 9.17) is 0 Å². The van der Waals surface area contributed by atoms with Crippen LogP contribution in [0.5, 0.6) is 0 Å². The van der Waals surface area contributed by atoms with Crippen LogP contribution >= 0.6 is 0 Å². The van der Waals surface area contributed by atoms with Crippen LogP contribution in [0.4, 0.5) is 0 Å². The minimum atomic E-state index is -0.732. The molecule has 3 rings (SSSR count). The smallest absolute Gasteiger partial charge is 0.294 e. The molecule has 0 spiro atoms. The number of aromatic nitrogens is 1. The molecule has 1 aromatic heterocycles. The molecule has 21 heavy (non-hydrogen) atoms. The van der Waals surface area contributed by atoms with Gasteiger partial charge in [-0.15, -0.1) is 0 Å². The molecule has 0 fully saturated rings. The van der Waals surface area contributed by atoms with Crippen molar-refractivity contribution in [3.8, 4) is 0 Å². The SMILES string of the molecule is CC(=O)C1c2c(n(C)c3ccccc23)C(O)CN1[B]C=O. The lowest BCUT2D eigenvalue weighted by Gasteiger charge is -2.36. The summed E-state index contributed by atoms with van der Waals surface area (Å²) >= 11 is 0. The predicted octanol–water partition coefficient (Wildman–Crippen LogP) is 0.967. The van der Waals surface area contributed by atoms with Crippen LogP contribution in [0.3, 0.4) is 0 Å². The van der Waals surface area contributed by atoms with E-state index in [1.54, 1.807) is 4.81 Å². The van der Waals surface area contributed by atoms with E-state index in [9.17, 15) is 14.7 Å². The van der Waals surface area contributed by atoms with Crippen molar-refractivity contribution in [1.29, 1.82) is 0 Å². The van der Waals surface area contributed by atoms with E-state index in [1.165, 1.54) is 14.3 Å². The van der Waals surface area contributed by atoms with Gasteiger partial charge in [-0.05, 0) is 13.0 Å². The van der Waals surface area contributed by atoms with Crippen molar-refractivity contribution in [2.45, 2.75) is 19.1 Å². The number of aryl methyl sites for hydroxylation is 1. The van der Waals surface area contributed by atoms with Crippen LogP contribution in [0.25, 0.3) is 10.9 Å². The Morgan fingerprint density at radius 1 is 1.43 bits per heavy atom. The number of hydrogen-bond acceptors (Lipinski definition) is 4. The van der Waals surface area contributed by atoms with Gasteiger partial charge in [0.2, 0.25) is 0 Å². The summed E-state index contributed by atoms with van der Waals surface area (Å²) in [6, 6.07) is 7.22. The van der Waals surface area contributed by atoms with Gasteiger partial charge in [0.1, 0.15) is 6.10 Å². The maximum Gasteiger partial charge on any atom is 0.294 e. The van der Waals surface area contributed by atoms with E-state index in [-0.39, 0.29) is 12.3 Å². The van der Waals surface area contributed by atoms with Crippen molar-refractivity contribution < 1.29 is 14.7 Å². The molecule has 0 amide bonds. The van der Waals surface area contributed by atoms with E-state index in [0.29, 0.717) is 6.19 Å². The van der Waals surface area contributed by atoms with Crippen molar-refractivity contribution in [3.05, 3.63) is 35.5 Å². The van der Waals surface area contributed by atoms with Crippen LogP contribution in [-0.4, -0.2) is 40.4 Å². The molecule has 1 radical (unpaired) electrons. The highest BCUT2D eigenvalue weighted by Crippen LogP contribution is 2.40. The molecule has 1 N–H and O–H groups in total. The van der Waals surface area contributed by atoms with E-state index in [2.05, 4.69) is 0 Å². The van der Waals surface area contributed by atoms with E-state index in [0.717, 1.165) is 22.2 Å². The van der Waals surface area contributed by atoms with Gasteiger partial charge in [0.15, 0.2) is 5.78 Å². The van der Waals surface area contributed by atoms with E-state index in [1.807, 2.05) is 35.9 Å². The number of fused-ring (bicyclic) bond motifs is 3. The minimum absolute atomic E-state index is 0.0439. The van der Waals surface area contributed by atoms with Crippen molar-refractivity contribution in [2.24, 2.45) is 7.05 Å². The maximum atomic E-state index is 12.1. The normalized spacial score (nSPS) is 22.0. The predicted molar refractivity (Wildman–Crippen MR) is 80.5 cm³/mol. The molecule has 0 saturated heterocycles. The molecule has 2 aromatic rings. The zero-order valence-corrected chi connectivity index (χ0v) is 12.0. The van der Waals surface area contributed by atoms with Gasteiger partial charge in [-0.3, -0.25) is 4.79 Å². The number of ketones is 1. The van der Waals surface area contributed by atoms with Crippen LogP contribution in [0.15, 0.2) is 24.3 Å². The van der Waals surface area contributed by atoms with Gasteiger partial charge in [0.25, 0.3) is 7.41 Å². The molecule has 107 valence electrons. The number of hydrogen-bond donors (Lipinski definition) is 1. The Morgan fingerprint density at radius 3 is 2.81 bits per heavy atom. The average molecular weight is 283 g/mol. The quantitative estimate of drug-likeness (QED) is 0.673. The Hall–Kier alpha value is -1.92. The molecule has 2 atom stereocenters. The topological polar surface area (TPSA) is 62.5 Å². The number of benzene rings is 1. The highest BCUT2D eigenvalue weighted by Gasteiger charge is 2.38. The fraction of sp³-hybridized carbons (Fsp3) is 0.333. The second-order valence-corrected chi connectivity index (χ2v) is 5.39. The Balaban J connectivity index is 2.30. The molecule has 2 heterocycles. The van der Waals surface area contributed by atoms with Crippen molar-refractivity contribution in [1.82, 2.24) is 9.38 Å². The molecule has 5 nitrogen and oxygen atoms in total. The first-order valence-electron chi connectivity index (χ1n) is 6.86. The zero-order chi connectivity index (χ0) is 15.1. The lowest BCUT2D eigenvalue weighted by Crippen LogP contribution is -2.44. The van der Waals surface area contributed by atoms with E-state index >= 15 is 0 Å². The van der Waals surface area contributed by atoms with Gasteiger partial charge < -0.3 is 19.3 Å². The summed E-state index contributed by atoms with van der Waals surface area (Å²) in [5, 5.41) is 11.4. The Kier molecular flexibility index (Phi) is 3.43. The number of aliphatic hydroxyl groups is 1. The second kappa shape index (κ2) is 5.13. The molecule has 0 aliphatic carbocycles. The van der Waals surface area contributed by atoms with Crippen LogP contribution in [-0.2, 0) is 16.6 Å². The molecular formula is C15H16BN2O3. The monoisotopic (exact) mass is 283 g/mol. The van der Waals surface area contributed by atoms with Crippen molar-refractivity contribution in [2.75, 3.05) is 6.54 Å². The molecule has 6 heteroatoms. The number of β-amino-alcohol motifs (C(OH)–C–C–N with tert-alkyl or cyclic N) is 1. The average Bonchev–Trinajstić information content (AvgIpc) is 2.74. The number of para-hydroxylation sites is 1. The number of aliphatic hydroxyl groups excluding tert-OH is 1. The third kappa shape index (κ3) is 2.02. The number of carbonyl (C=O) groups excluding carboxylic acids is 2. The van der Waals surface area contributed by atoms with Crippen LogP contribution in [0.1, 0.15) is 30.3 Å². The molecule has 1 aliphatic rings. The Morgan fingerprint density at radius 2 is 2.14 bits per heavy atom. The van der Waals surface area contributed by atoms with Crippen LogP contribution in [0, 0.1) is 0 Å². The summed E-state index contributed by atoms with van der Waals surface area (Å²) in [5.74, 6) is -0.0439. The summed E-state index contributed by atoms with van der Waals surface area (Å²) < 4.78 is 1.93.